The average molecular weight is 365 g/mol. The number of nitrogens with zero attached hydrogens (tertiary/aromatic N) is 1. The average Bonchev–Trinajstić information content (AvgIpc) is 2.59. The molecule has 6 heteroatoms. The number of anilines is 1. The van der Waals surface area contributed by atoms with Gasteiger partial charge in [-0.05, 0) is 36.4 Å². The summed E-state index contributed by atoms with van der Waals surface area (Å²) in [6.45, 7) is 4.35. The van der Waals surface area contributed by atoms with Crippen molar-refractivity contribution in [3.63, 3.8) is 0 Å². The van der Waals surface area contributed by atoms with Gasteiger partial charge in [0.15, 0.2) is 0 Å². The number of urea groups is 1. The van der Waals surface area contributed by atoms with Gasteiger partial charge in [-0.1, -0.05) is 35.3 Å². The third-order valence-corrected chi connectivity index (χ3v) is 4.72. The van der Waals surface area contributed by atoms with Crippen LogP contribution in [0.15, 0.2) is 48.5 Å². The molecule has 0 aromatic heterocycles. The Kier molecular flexibility index (Phi) is 5.61. The lowest BCUT2D eigenvalue weighted by Crippen LogP contribution is -3.13. The fourth-order valence-corrected chi connectivity index (χ4v) is 3.08. The highest BCUT2D eigenvalue weighted by molar-refractivity contribution is 6.30. The van der Waals surface area contributed by atoms with Crippen molar-refractivity contribution in [2.75, 3.05) is 31.5 Å². The highest BCUT2D eigenvalue weighted by Gasteiger charge is 2.23. The molecule has 2 N–H and O–H groups in total. The third-order valence-electron chi connectivity index (χ3n) is 4.22. The van der Waals surface area contributed by atoms with Crippen LogP contribution in [-0.2, 0) is 6.54 Å². The number of carbonyl (C=O) groups is 1. The molecule has 0 unspecified atom stereocenters. The van der Waals surface area contributed by atoms with Crippen molar-refractivity contribution >= 4 is 34.9 Å². The molecule has 1 fully saturated rings. The SMILES string of the molecule is O=C(Nc1ccc(Cl)cc1)N1CC[NH+](Cc2ccc(Cl)cc2)CC1. The molecule has 24 heavy (non-hydrogen) atoms. The Hall–Kier alpha value is -1.75. The maximum absolute atomic E-state index is 12.3. The summed E-state index contributed by atoms with van der Waals surface area (Å²) >= 11 is 11.8. The molecule has 0 bridgehead atoms. The van der Waals surface area contributed by atoms with Crippen molar-refractivity contribution in [2.24, 2.45) is 0 Å². The molecular formula is C18H20Cl2N3O+. The summed E-state index contributed by atoms with van der Waals surface area (Å²) < 4.78 is 0. The van der Waals surface area contributed by atoms with E-state index < -0.39 is 0 Å². The maximum atomic E-state index is 12.3. The number of carbonyl (C=O) groups excluding carboxylic acids is 1. The molecule has 0 atom stereocenters. The lowest BCUT2D eigenvalue weighted by Gasteiger charge is -2.32. The molecule has 0 saturated carbocycles. The molecule has 2 amide bonds. The van der Waals surface area contributed by atoms with Crippen molar-refractivity contribution in [3.8, 4) is 0 Å². The van der Waals surface area contributed by atoms with Crippen molar-refractivity contribution in [3.05, 3.63) is 64.1 Å². The van der Waals surface area contributed by atoms with E-state index in [2.05, 4.69) is 17.4 Å². The van der Waals surface area contributed by atoms with E-state index in [-0.39, 0.29) is 6.03 Å². The largest absolute Gasteiger partial charge is 0.328 e. The van der Waals surface area contributed by atoms with E-state index in [9.17, 15) is 4.79 Å². The van der Waals surface area contributed by atoms with Gasteiger partial charge in [-0.2, -0.15) is 0 Å². The maximum Gasteiger partial charge on any atom is 0.322 e. The number of amides is 2. The van der Waals surface area contributed by atoms with Crippen LogP contribution in [0, 0.1) is 0 Å². The van der Waals surface area contributed by atoms with E-state index in [1.807, 2.05) is 29.2 Å². The number of nitrogens with one attached hydrogen (secondary N) is 2. The number of piperazine rings is 1. The molecule has 2 aromatic carbocycles. The lowest BCUT2D eigenvalue weighted by molar-refractivity contribution is -0.917. The molecule has 4 nitrogen and oxygen atoms in total. The summed E-state index contributed by atoms with van der Waals surface area (Å²) in [5.74, 6) is 0. The van der Waals surface area contributed by atoms with Crippen LogP contribution >= 0.6 is 23.2 Å². The lowest BCUT2D eigenvalue weighted by atomic mass is 10.2. The minimum atomic E-state index is -0.0529. The van der Waals surface area contributed by atoms with E-state index in [1.165, 1.54) is 10.5 Å². The van der Waals surface area contributed by atoms with Crippen LogP contribution in [0.3, 0.4) is 0 Å². The smallest absolute Gasteiger partial charge is 0.322 e. The van der Waals surface area contributed by atoms with E-state index in [4.69, 9.17) is 23.2 Å². The molecule has 1 saturated heterocycles. The molecule has 0 radical (unpaired) electrons. The minimum Gasteiger partial charge on any atom is -0.328 e. The predicted octanol–water partition coefficient (Wildman–Crippen LogP) is 2.93. The van der Waals surface area contributed by atoms with Crippen molar-refractivity contribution in [2.45, 2.75) is 6.54 Å². The van der Waals surface area contributed by atoms with Crippen LogP contribution in [0.5, 0.6) is 0 Å². The highest BCUT2D eigenvalue weighted by Crippen LogP contribution is 2.14. The van der Waals surface area contributed by atoms with Gasteiger partial charge in [-0.25, -0.2) is 4.79 Å². The Bertz CT molecular complexity index is 680. The first kappa shape index (κ1) is 17.1. The summed E-state index contributed by atoms with van der Waals surface area (Å²) in [6.07, 6.45) is 0. The van der Waals surface area contributed by atoms with Gasteiger partial charge in [0.25, 0.3) is 0 Å². The minimum absolute atomic E-state index is 0.0529. The molecule has 3 rings (SSSR count). The topological polar surface area (TPSA) is 36.8 Å². The molecular weight excluding hydrogens is 345 g/mol. The summed E-state index contributed by atoms with van der Waals surface area (Å²) in [4.78, 5) is 15.7. The number of quaternary nitrogens is 1. The highest BCUT2D eigenvalue weighted by atomic mass is 35.5. The van der Waals surface area contributed by atoms with Crippen molar-refractivity contribution in [1.29, 1.82) is 0 Å². The zero-order valence-corrected chi connectivity index (χ0v) is 14.8. The fourth-order valence-electron chi connectivity index (χ4n) is 2.83. The summed E-state index contributed by atoms with van der Waals surface area (Å²) in [5.41, 5.74) is 2.04. The first-order valence-corrected chi connectivity index (χ1v) is 8.75. The van der Waals surface area contributed by atoms with Crippen molar-refractivity contribution in [1.82, 2.24) is 4.90 Å². The number of hydrogen-bond acceptors (Lipinski definition) is 1. The van der Waals surface area contributed by atoms with E-state index >= 15 is 0 Å². The number of halogens is 2. The summed E-state index contributed by atoms with van der Waals surface area (Å²) in [6, 6.07) is 15.1. The molecule has 0 aliphatic carbocycles. The van der Waals surface area contributed by atoms with Gasteiger partial charge in [0.2, 0.25) is 0 Å². The van der Waals surface area contributed by atoms with Crippen LogP contribution < -0.4 is 10.2 Å². The molecule has 2 aromatic rings. The van der Waals surface area contributed by atoms with Crippen molar-refractivity contribution < 1.29 is 9.69 Å². The van der Waals surface area contributed by atoms with Gasteiger partial charge >= 0.3 is 6.03 Å². The second kappa shape index (κ2) is 7.88. The van der Waals surface area contributed by atoms with E-state index in [1.54, 1.807) is 12.1 Å². The number of hydrogen-bond donors (Lipinski definition) is 2. The van der Waals surface area contributed by atoms with Gasteiger partial charge in [0.05, 0.1) is 26.2 Å². The Balaban J connectivity index is 1.48. The molecule has 126 valence electrons. The third kappa shape index (κ3) is 4.63. The predicted molar refractivity (Wildman–Crippen MR) is 97.9 cm³/mol. The zero-order valence-electron chi connectivity index (χ0n) is 13.3. The van der Waals surface area contributed by atoms with Crippen LogP contribution in [0.2, 0.25) is 10.0 Å². The fraction of sp³-hybridized carbons (Fsp3) is 0.278. The Labute approximate surface area is 152 Å². The summed E-state index contributed by atoms with van der Waals surface area (Å²) in [5, 5.41) is 4.34. The van der Waals surface area contributed by atoms with Gasteiger partial charge < -0.3 is 15.1 Å². The second-order valence-electron chi connectivity index (χ2n) is 5.98. The normalized spacial score (nSPS) is 15.3. The summed E-state index contributed by atoms with van der Waals surface area (Å²) in [7, 11) is 0. The molecule has 1 aliphatic heterocycles. The Morgan fingerprint density at radius 2 is 1.50 bits per heavy atom. The van der Waals surface area contributed by atoms with Crippen LogP contribution in [0.4, 0.5) is 10.5 Å². The quantitative estimate of drug-likeness (QED) is 0.862. The number of rotatable bonds is 3. The Morgan fingerprint density at radius 3 is 2.08 bits per heavy atom. The zero-order chi connectivity index (χ0) is 16.9. The van der Waals surface area contributed by atoms with Gasteiger partial charge in [0.1, 0.15) is 6.54 Å². The molecule has 1 aliphatic rings. The monoisotopic (exact) mass is 364 g/mol. The van der Waals surface area contributed by atoms with E-state index in [0.29, 0.717) is 5.02 Å². The van der Waals surface area contributed by atoms with Crippen LogP contribution in [0.25, 0.3) is 0 Å². The van der Waals surface area contributed by atoms with Gasteiger partial charge in [0, 0.05) is 21.3 Å². The number of benzene rings is 2. The van der Waals surface area contributed by atoms with Crippen LogP contribution in [0.1, 0.15) is 5.56 Å². The van der Waals surface area contributed by atoms with E-state index in [0.717, 1.165) is 43.4 Å². The molecule has 0 spiro atoms. The standard InChI is InChI=1S/C18H19Cl2N3O/c19-15-3-1-14(2-4-15)13-22-9-11-23(12-10-22)18(24)21-17-7-5-16(20)6-8-17/h1-8H,9-13H2,(H,21,24)/p+1. The van der Waals surface area contributed by atoms with Gasteiger partial charge in [-0.3, -0.25) is 0 Å². The van der Waals surface area contributed by atoms with Crippen LogP contribution in [-0.4, -0.2) is 37.1 Å². The second-order valence-corrected chi connectivity index (χ2v) is 6.85. The molecule has 1 heterocycles. The van der Waals surface area contributed by atoms with Gasteiger partial charge in [-0.15, -0.1) is 0 Å². The first-order chi connectivity index (χ1) is 11.6. The first-order valence-electron chi connectivity index (χ1n) is 8.00. The Morgan fingerprint density at radius 1 is 0.958 bits per heavy atom.